The Balaban J connectivity index is 1.98. The molecule has 1 aromatic rings. The summed E-state index contributed by atoms with van der Waals surface area (Å²) < 4.78 is 0. The third-order valence-electron chi connectivity index (χ3n) is 3.14. The molecular weight excluding hydrogens is 234 g/mol. The molecular formula is C13H16ClN3. The van der Waals surface area contributed by atoms with E-state index in [0.717, 1.165) is 25.3 Å². The SMILES string of the molecule is N#Cc1ccc(Cl)cc1NCC1CCNCC1. The fraction of sp³-hybridized carbons (Fsp3) is 0.462. The summed E-state index contributed by atoms with van der Waals surface area (Å²) in [6, 6.07) is 7.50. The molecule has 1 heterocycles. The number of hydrogen-bond donors (Lipinski definition) is 2. The highest BCUT2D eigenvalue weighted by atomic mass is 35.5. The molecule has 0 amide bonds. The molecule has 1 aromatic carbocycles. The minimum atomic E-state index is 0.656. The van der Waals surface area contributed by atoms with Crippen molar-refractivity contribution >= 4 is 17.3 Å². The number of rotatable bonds is 3. The van der Waals surface area contributed by atoms with Gasteiger partial charge in [-0.25, -0.2) is 0 Å². The molecule has 0 radical (unpaired) electrons. The van der Waals surface area contributed by atoms with Gasteiger partial charge < -0.3 is 10.6 Å². The lowest BCUT2D eigenvalue weighted by Gasteiger charge is -2.23. The lowest BCUT2D eigenvalue weighted by Crippen LogP contribution is -2.31. The molecule has 1 aliphatic heterocycles. The molecule has 0 saturated carbocycles. The van der Waals surface area contributed by atoms with Crippen LogP contribution in [0.25, 0.3) is 0 Å². The van der Waals surface area contributed by atoms with Gasteiger partial charge >= 0.3 is 0 Å². The minimum Gasteiger partial charge on any atom is -0.384 e. The molecule has 0 atom stereocenters. The van der Waals surface area contributed by atoms with Gasteiger partial charge in [0.15, 0.2) is 0 Å². The van der Waals surface area contributed by atoms with Crippen LogP contribution in [-0.4, -0.2) is 19.6 Å². The number of nitrogens with one attached hydrogen (secondary N) is 2. The molecule has 0 bridgehead atoms. The van der Waals surface area contributed by atoms with E-state index in [4.69, 9.17) is 16.9 Å². The van der Waals surface area contributed by atoms with Gasteiger partial charge in [0.25, 0.3) is 0 Å². The van der Waals surface area contributed by atoms with E-state index >= 15 is 0 Å². The molecule has 2 rings (SSSR count). The van der Waals surface area contributed by atoms with Crippen LogP contribution < -0.4 is 10.6 Å². The molecule has 0 unspecified atom stereocenters. The number of nitrogens with zero attached hydrogens (tertiary/aromatic N) is 1. The van der Waals surface area contributed by atoms with Crippen LogP contribution >= 0.6 is 11.6 Å². The fourth-order valence-corrected chi connectivity index (χ4v) is 2.27. The molecule has 4 heteroatoms. The summed E-state index contributed by atoms with van der Waals surface area (Å²) in [6.45, 7) is 3.09. The first-order valence-corrected chi connectivity index (χ1v) is 6.31. The van der Waals surface area contributed by atoms with Crippen LogP contribution in [0, 0.1) is 17.2 Å². The van der Waals surface area contributed by atoms with Crippen molar-refractivity contribution in [2.75, 3.05) is 25.0 Å². The molecule has 2 N–H and O–H groups in total. The Morgan fingerprint density at radius 2 is 2.18 bits per heavy atom. The average molecular weight is 250 g/mol. The van der Waals surface area contributed by atoms with Gasteiger partial charge in [-0.2, -0.15) is 5.26 Å². The second-order valence-electron chi connectivity index (χ2n) is 4.38. The van der Waals surface area contributed by atoms with E-state index in [1.165, 1.54) is 12.8 Å². The van der Waals surface area contributed by atoms with Gasteiger partial charge in [-0.3, -0.25) is 0 Å². The van der Waals surface area contributed by atoms with E-state index in [9.17, 15) is 0 Å². The zero-order chi connectivity index (χ0) is 12.1. The Hall–Kier alpha value is -1.24. The summed E-state index contributed by atoms with van der Waals surface area (Å²) >= 11 is 5.94. The summed E-state index contributed by atoms with van der Waals surface area (Å²) in [6.07, 6.45) is 2.38. The highest BCUT2D eigenvalue weighted by Gasteiger charge is 2.13. The maximum Gasteiger partial charge on any atom is 0.101 e. The quantitative estimate of drug-likeness (QED) is 0.866. The zero-order valence-electron chi connectivity index (χ0n) is 9.67. The summed E-state index contributed by atoms with van der Waals surface area (Å²) in [5, 5.41) is 16.4. The molecule has 0 spiro atoms. The Labute approximate surface area is 107 Å². The Kier molecular flexibility index (Phi) is 4.24. The molecule has 0 aromatic heterocycles. The smallest absolute Gasteiger partial charge is 0.101 e. The molecule has 1 saturated heterocycles. The van der Waals surface area contributed by atoms with Crippen molar-refractivity contribution in [3.05, 3.63) is 28.8 Å². The monoisotopic (exact) mass is 249 g/mol. The fourth-order valence-electron chi connectivity index (χ4n) is 2.10. The highest BCUT2D eigenvalue weighted by Crippen LogP contribution is 2.21. The summed E-state index contributed by atoms with van der Waals surface area (Å²) in [7, 11) is 0. The highest BCUT2D eigenvalue weighted by molar-refractivity contribution is 6.30. The van der Waals surface area contributed by atoms with Gasteiger partial charge in [0.1, 0.15) is 6.07 Å². The normalized spacial score (nSPS) is 16.5. The minimum absolute atomic E-state index is 0.656. The van der Waals surface area contributed by atoms with Crippen LogP contribution in [0.2, 0.25) is 5.02 Å². The standard InChI is InChI=1S/C13H16ClN3/c14-12-2-1-11(8-15)13(7-12)17-9-10-3-5-16-6-4-10/h1-2,7,10,16-17H,3-6,9H2. The molecule has 17 heavy (non-hydrogen) atoms. The number of halogens is 1. The number of anilines is 1. The van der Waals surface area contributed by atoms with Crippen LogP contribution in [0.3, 0.4) is 0 Å². The van der Waals surface area contributed by atoms with Crippen molar-refractivity contribution in [1.82, 2.24) is 5.32 Å². The van der Waals surface area contributed by atoms with Gasteiger partial charge in [-0.05, 0) is 50.0 Å². The summed E-state index contributed by atoms with van der Waals surface area (Å²) in [4.78, 5) is 0. The average Bonchev–Trinajstić information content (AvgIpc) is 2.38. The maximum absolute atomic E-state index is 9.00. The van der Waals surface area contributed by atoms with E-state index < -0.39 is 0 Å². The predicted octanol–water partition coefficient (Wildman–Crippen LogP) is 2.62. The summed E-state index contributed by atoms with van der Waals surface area (Å²) in [5.41, 5.74) is 1.50. The number of piperidine rings is 1. The first kappa shape index (κ1) is 12.2. The van der Waals surface area contributed by atoms with Crippen molar-refractivity contribution in [3.63, 3.8) is 0 Å². The molecule has 0 aliphatic carbocycles. The first-order valence-electron chi connectivity index (χ1n) is 5.94. The van der Waals surface area contributed by atoms with E-state index in [2.05, 4.69) is 16.7 Å². The van der Waals surface area contributed by atoms with Crippen LogP contribution in [0.15, 0.2) is 18.2 Å². The van der Waals surface area contributed by atoms with E-state index in [0.29, 0.717) is 16.5 Å². The Morgan fingerprint density at radius 3 is 2.88 bits per heavy atom. The third kappa shape index (κ3) is 3.36. The second kappa shape index (κ2) is 5.90. The van der Waals surface area contributed by atoms with Crippen molar-refractivity contribution in [3.8, 4) is 6.07 Å². The molecule has 1 fully saturated rings. The van der Waals surface area contributed by atoms with E-state index in [1.54, 1.807) is 12.1 Å². The second-order valence-corrected chi connectivity index (χ2v) is 4.81. The molecule has 90 valence electrons. The lowest BCUT2D eigenvalue weighted by molar-refractivity contribution is 0.390. The third-order valence-corrected chi connectivity index (χ3v) is 3.38. The van der Waals surface area contributed by atoms with Gasteiger partial charge in [0, 0.05) is 11.6 Å². The van der Waals surface area contributed by atoms with Crippen molar-refractivity contribution in [2.24, 2.45) is 5.92 Å². The number of benzene rings is 1. The predicted molar refractivity (Wildman–Crippen MR) is 70.3 cm³/mol. The van der Waals surface area contributed by atoms with E-state index in [-0.39, 0.29) is 0 Å². The van der Waals surface area contributed by atoms with Crippen molar-refractivity contribution in [1.29, 1.82) is 5.26 Å². The van der Waals surface area contributed by atoms with Crippen molar-refractivity contribution < 1.29 is 0 Å². The topological polar surface area (TPSA) is 47.9 Å². The Morgan fingerprint density at radius 1 is 1.41 bits per heavy atom. The van der Waals surface area contributed by atoms with Crippen LogP contribution in [0.1, 0.15) is 18.4 Å². The van der Waals surface area contributed by atoms with E-state index in [1.807, 2.05) is 6.07 Å². The Bertz CT molecular complexity index is 419. The van der Waals surface area contributed by atoms with Gasteiger partial charge in [0.05, 0.1) is 11.3 Å². The first-order chi connectivity index (χ1) is 8.29. The number of nitriles is 1. The van der Waals surface area contributed by atoms with Crippen LogP contribution in [-0.2, 0) is 0 Å². The maximum atomic E-state index is 9.00. The van der Waals surface area contributed by atoms with Gasteiger partial charge in [0.2, 0.25) is 0 Å². The largest absolute Gasteiger partial charge is 0.384 e. The lowest BCUT2D eigenvalue weighted by atomic mass is 9.98. The zero-order valence-corrected chi connectivity index (χ0v) is 10.4. The van der Waals surface area contributed by atoms with Gasteiger partial charge in [-0.1, -0.05) is 11.6 Å². The van der Waals surface area contributed by atoms with Gasteiger partial charge in [-0.15, -0.1) is 0 Å². The van der Waals surface area contributed by atoms with Crippen LogP contribution in [0.5, 0.6) is 0 Å². The van der Waals surface area contributed by atoms with Crippen molar-refractivity contribution in [2.45, 2.75) is 12.8 Å². The van der Waals surface area contributed by atoms with Crippen LogP contribution in [0.4, 0.5) is 5.69 Å². The summed E-state index contributed by atoms with van der Waals surface area (Å²) in [5.74, 6) is 0.682. The molecule has 3 nitrogen and oxygen atoms in total. The molecule has 1 aliphatic rings. The number of hydrogen-bond acceptors (Lipinski definition) is 3.